The normalized spacial score (nSPS) is 13.6. The average molecular weight is 368 g/mol. The third-order valence-corrected chi connectivity index (χ3v) is 5.26. The molecule has 0 aliphatic heterocycles. The van der Waals surface area contributed by atoms with E-state index in [0.717, 1.165) is 23.1 Å². The molecule has 1 heterocycles. The van der Waals surface area contributed by atoms with Gasteiger partial charge in [-0.2, -0.15) is 0 Å². The third-order valence-electron chi connectivity index (χ3n) is 3.58. The monoisotopic (exact) mass is 367 g/mol. The summed E-state index contributed by atoms with van der Waals surface area (Å²) >= 11 is 5.25. The molecule has 21 heavy (non-hydrogen) atoms. The number of halogens is 1. The Morgan fingerprint density at radius 1 is 1.29 bits per heavy atom. The van der Waals surface area contributed by atoms with E-state index in [1.165, 1.54) is 4.88 Å². The zero-order valence-electron chi connectivity index (χ0n) is 12.7. The molecule has 1 aromatic heterocycles. The first-order chi connectivity index (χ1) is 9.88. The lowest BCUT2D eigenvalue weighted by molar-refractivity contribution is 0.0245. The molecule has 1 atom stereocenters. The predicted molar refractivity (Wildman–Crippen MR) is 93.5 cm³/mol. The molecule has 4 heteroatoms. The van der Waals surface area contributed by atoms with E-state index >= 15 is 0 Å². The van der Waals surface area contributed by atoms with E-state index in [-0.39, 0.29) is 5.41 Å². The smallest absolute Gasteiger partial charge is 0.0853 e. The lowest BCUT2D eigenvalue weighted by Crippen LogP contribution is -2.35. The van der Waals surface area contributed by atoms with Crippen LogP contribution in [-0.2, 0) is 6.54 Å². The molecule has 2 nitrogen and oxygen atoms in total. The highest BCUT2D eigenvalue weighted by Crippen LogP contribution is 2.34. The van der Waals surface area contributed by atoms with Gasteiger partial charge in [0.1, 0.15) is 0 Å². The number of hydrogen-bond donors (Lipinski definition) is 1. The predicted octanol–water partition coefficient (Wildman–Crippen LogP) is 4.70. The summed E-state index contributed by atoms with van der Waals surface area (Å²) in [6.45, 7) is 5.97. The molecule has 2 aromatic rings. The molecule has 2 rings (SSSR count). The van der Waals surface area contributed by atoms with E-state index in [9.17, 15) is 5.11 Å². The van der Waals surface area contributed by atoms with Crippen LogP contribution >= 0.6 is 27.3 Å². The minimum Gasteiger partial charge on any atom is -0.388 e. The van der Waals surface area contributed by atoms with E-state index in [1.807, 2.05) is 30.3 Å². The minimum atomic E-state index is -0.462. The van der Waals surface area contributed by atoms with Crippen molar-refractivity contribution in [3.8, 4) is 0 Å². The van der Waals surface area contributed by atoms with Crippen molar-refractivity contribution in [2.24, 2.45) is 5.41 Å². The number of nitrogens with zero attached hydrogens (tertiary/aromatic N) is 1. The third kappa shape index (κ3) is 4.65. The van der Waals surface area contributed by atoms with Crippen molar-refractivity contribution in [1.82, 2.24) is 4.90 Å². The van der Waals surface area contributed by atoms with E-state index in [2.05, 4.69) is 53.2 Å². The number of rotatable bonds is 6. The Kier molecular flexibility index (Phi) is 5.60. The largest absolute Gasteiger partial charge is 0.388 e. The van der Waals surface area contributed by atoms with Gasteiger partial charge in [0.15, 0.2) is 0 Å². The van der Waals surface area contributed by atoms with E-state index in [0.29, 0.717) is 0 Å². The molecule has 0 aliphatic rings. The SMILES string of the molecule is CN(Cc1cc(Br)cs1)CC(C)(C)C(O)c1ccccc1. The highest BCUT2D eigenvalue weighted by Gasteiger charge is 2.30. The molecule has 114 valence electrons. The van der Waals surface area contributed by atoms with Gasteiger partial charge in [-0.05, 0) is 34.6 Å². The lowest BCUT2D eigenvalue weighted by Gasteiger charge is -2.34. The summed E-state index contributed by atoms with van der Waals surface area (Å²) in [6, 6.07) is 12.1. The van der Waals surface area contributed by atoms with Crippen molar-refractivity contribution in [3.63, 3.8) is 0 Å². The van der Waals surface area contributed by atoms with Crippen LogP contribution in [0.1, 0.15) is 30.4 Å². The summed E-state index contributed by atoms with van der Waals surface area (Å²) in [5, 5.41) is 12.7. The lowest BCUT2D eigenvalue weighted by atomic mass is 9.82. The maximum Gasteiger partial charge on any atom is 0.0853 e. The van der Waals surface area contributed by atoms with Gasteiger partial charge >= 0.3 is 0 Å². The first-order valence-corrected chi connectivity index (χ1v) is 8.70. The molecule has 0 saturated heterocycles. The standard InChI is InChI=1S/C17H22BrNOS/c1-17(2,16(20)13-7-5-4-6-8-13)12-19(3)10-15-9-14(18)11-21-15/h4-9,11,16,20H,10,12H2,1-3H3. The molecular formula is C17H22BrNOS. The van der Waals surface area contributed by atoms with Gasteiger partial charge in [-0.1, -0.05) is 44.2 Å². The molecule has 0 aliphatic carbocycles. The fourth-order valence-corrected chi connectivity index (χ4v) is 4.16. The molecule has 0 fully saturated rings. The van der Waals surface area contributed by atoms with Crippen LogP contribution in [0.15, 0.2) is 46.3 Å². The summed E-state index contributed by atoms with van der Waals surface area (Å²) < 4.78 is 1.14. The Balaban J connectivity index is 1.99. The van der Waals surface area contributed by atoms with Crippen LogP contribution in [0.5, 0.6) is 0 Å². The van der Waals surface area contributed by atoms with Crippen molar-refractivity contribution in [2.45, 2.75) is 26.5 Å². The Hall–Kier alpha value is -0.680. The fourth-order valence-electron chi connectivity index (χ4n) is 2.63. The van der Waals surface area contributed by atoms with Crippen LogP contribution in [-0.4, -0.2) is 23.6 Å². The summed E-state index contributed by atoms with van der Waals surface area (Å²) in [7, 11) is 2.10. The average Bonchev–Trinajstić information content (AvgIpc) is 2.83. The minimum absolute atomic E-state index is 0.204. The maximum atomic E-state index is 10.6. The zero-order valence-corrected chi connectivity index (χ0v) is 15.1. The molecule has 0 amide bonds. The number of thiophene rings is 1. The molecular weight excluding hydrogens is 346 g/mol. The van der Waals surface area contributed by atoms with Crippen molar-refractivity contribution < 1.29 is 5.11 Å². The maximum absolute atomic E-state index is 10.6. The second kappa shape index (κ2) is 7.05. The molecule has 0 bridgehead atoms. The Labute approximate surface area is 139 Å². The van der Waals surface area contributed by atoms with Crippen LogP contribution in [0.3, 0.4) is 0 Å². The molecule has 1 unspecified atom stereocenters. The summed E-state index contributed by atoms with van der Waals surface area (Å²) in [5.74, 6) is 0. The van der Waals surface area contributed by atoms with Crippen molar-refractivity contribution in [1.29, 1.82) is 0 Å². The van der Waals surface area contributed by atoms with Gasteiger partial charge in [-0.3, -0.25) is 0 Å². The van der Waals surface area contributed by atoms with Gasteiger partial charge < -0.3 is 10.0 Å². The highest BCUT2D eigenvalue weighted by molar-refractivity contribution is 9.10. The Bertz CT molecular complexity index is 567. The van der Waals surface area contributed by atoms with Crippen LogP contribution in [0.25, 0.3) is 0 Å². The van der Waals surface area contributed by atoms with Crippen LogP contribution in [0.2, 0.25) is 0 Å². The Morgan fingerprint density at radius 2 is 1.95 bits per heavy atom. The van der Waals surface area contributed by atoms with Crippen molar-refractivity contribution in [2.75, 3.05) is 13.6 Å². The van der Waals surface area contributed by atoms with Crippen LogP contribution in [0.4, 0.5) is 0 Å². The number of hydrogen-bond acceptors (Lipinski definition) is 3. The summed E-state index contributed by atoms with van der Waals surface area (Å²) in [4.78, 5) is 3.60. The van der Waals surface area contributed by atoms with Crippen molar-refractivity contribution in [3.05, 3.63) is 56.7 Å². The number of aliphatic hydroxyl groups is 1. The van der Waals surface area contributed by atoms with Crippen molar-refractivity contribution >= 4 is 27.3 Å². The summed E-state index contributed by atoms with van der Waals surface area (Å²) in [5.41, 5.74) is 0.777. The van der Waals surface area contributed by atoms with E-state index in [4.69, 9.17) is 0 Å². The van der Waals surface area contributed by atoms with Gasteiger partial charge in [0.25, 0.3) is 0 Å². The molecule has 1 N–H and O–H groups in total. The number of benzene rings is 1. The molecule has 1 aromatic carbocycles. The first-order valence-electron chi connectivity index (χ1n) is 7.03. The van der Waals surface area contributed by atoms with Gasteiger partial charge in [0.2, 0.25) is 0 Å². The van der Waals surface area contributed by atoms with Gasteiger partial charge in [0, 0.05) is 33.2 Å². The number of aliphatic hydroxyl groups excluding tert-OH is 1. The van der Waals surface area contributed by atoms with Gasteiger partial charge in [0.05, 0.1) is 6.10 Å². The van der Waals surface area contributed by atoms with E-state index < -0.39 is 6.10 Å². The second-order valence-electron chi connectivity index (χ2n) is 6.21. The molecule has 0 radical (unpaired) electrons. The molecule has 0 saturated carbocycles. The van der Waals surface area contributed by atoms with Gasteiger partial charge in [-0.15, -0.1) is 11.3 Å². The summed E-state index contributed by atoms with van der Waals surface area (Å²) in [6.07, 6.45) is -0.462. The zero-order chi connectivity index (χ0) is 15.5. The Morgan fingerprint density at radius 3 is 2.52 bits per heavy atom. The van der Waals surface area contributed by atoms with Crippen LogP contribution in [0, 0.1) is 5.41 Å². The highest BCUT2D eigenvalue weighted by atomic mass is 79.9. The first kappa shape index (κ1) is 16.7. The molecule has 0 spiro atoms. The topological polar surface area (TPSA) is 23.5 Å². The second-order valence-corrected chi connectivity index (χ2v) is 8.12. The van der Waals surface area contributed by atoms with Gasteiger partial charge in [-0.25, -0.2) is 0 Å². The quantitative estimate of drug-likeness (QED) is 0.799. The van der Waals surface area contributed by atoms with Crippen LogP contribution < -0.4 is 0 Å². The van der Waals surface area contributed by atoms with E-state index in [1.54, 1.807) is 11.3 Å². The fraction of sp³-hybridized carbons (Fsp3) is 0.412.